The van der Waals surface area contributed by atoms with Crippen LogP contribution in [0.1, 0.15) is 52.9 Å². The SMILES string of the molecule is CCCOC(=O)C(C)(CC1CCCO1)C(=O)OCCC. The van der Waals surface area contributed by atoms with E-state index in [1.165, 1.54) is 0 Å². The van der Waals surface area contributed by atoms with E-state index >= 15 is 0 Å². The Bertz CT molecular complexity index is 300. The van der Waals surface area contributed by atoms with Crippen LogP contribution in [-0.2, 0) is 23.8 Å². The average Bonchev–Trinajstić information content (AvgIpc) is 2.94. The highest BCUT2D eigenvalue weighted by atomic mass is 16.6. The van der Waals surface area contributed by atoms with Gasteiger partial charge in [0.05, 0.1) is 19.3 Å². The molecule has 0 amide bonds. The molecule has 0 spiro atoms. The molecule has 0 aliphatic carbocycles. The lowest BCUT2D eigenvalue weighted by Crippen LogP contribution is -2.42. The fourth-order valence-electron chi connectivity index (χ4n) is 2.22. The van der Waals surface area contributed by atoms with Gasteiger partial charge in [-0.25, -0.2) is 0 Å². The molecule has 5 heteroatoms. The van der Waals surface area contributed by atoms with Gasteiger partial charge in [0.25, 0.3) is 0 Å². The lowest BCUT2D eigenvalue weighted by atomic mass is 9.83. The Labute approximate surface area is 121 Å². The van der Waals surface area contributed by atoms with Gasteiger partial charge in [0.1, 0.15) is 0 Å². The smallest absolute Gasteiger partial charge is 0.323 e. The third kappa shape index (κ3) is 4.47. The number of hydrogen-bond acceptors (Lipinski definition) is 5. The molecule has 0 aromatic carbocycles. The van der Waals surface area contributed by atoms with Crippen LogP contribution in [0, 0.1) is 5.41 Å². The van der Waals surface area contributed by atoms with Crippen molar-refractivity contribution < 1.29 is 23.8 Å². The molecule has 1 fully saturated rings. The monoisotopic (exact) mass is 286 g/mol. The van der Waals surface area contributed by atoms with Gasteiger partial charge in [-0.3, -0.25) is 9.59 Å². The predicted octanol–water partition coefficient (Wildman–Crippen LogP) is 2.47. The third-order valence-corrected chi connectivity index (χ3v) is 3.44. The van der Waals surface area contributed by atoms with Crippen molar-refractivity contribution in [2.45, 2.75) is 59.0 Å². The second-order valence-corrected chi connectivity index (χ2v) is 5.44. The van der Waals surface area contributed by atoms with Crippen LogP contribution < -0.4 is 0 Å². The summed E-state index contributed by atoms with van der Waals surface area (Å²) in [6, 6.07) is 0. The van der Waals surface area contributed by atoms with Gasteiger partial charge in [-0.15, -0.1) is 0 Å². The van der Waals surface area contributed by atoms with Crippen LogP contribution in [0.15, 0.2) is 0 Å². The van der Waals surface area contributed by atoms with E-state index in [-0.39, 0.29) is 6.10 Å². The topological polar surface area (TPSA) is 61.8 Å². The molecule has 1 aliphatic heterocycles. The van der Waals surface area contributed by atoms with Crippen molar-refractivity contribution in [3.8, 4) is 0 Å². The summed E-state index contributed by atoms with van der Waals surface area (Å²) in [5, 5.41) is 0. The minimum absolute atomic E-state index is 0.0663. The predicted molar refractivity (Wildman–Crippen MR) is 74.2 cm³/mol. The first-order valence-corrected chi connectivity index (χ1v) is 7.50. The fraction of sp³-hybridized carbons (Fsp3) is 0.867. The van der Waals surface area contributed by atoms with Gasteiger partial charge in [-0.05, 0) is 32.6 Å². The maximum absolute atomic E-state index is 12.2. The van der Waals surface area contributed by atoms with E-state index in [9.17, 15) is 9.59 Å². The van der Waals surface area contributed by atoms with E-state index < -0.39 is 17.4 Å². The van der Waals surface area contributed by atoms with Crippen molar-refractivity contribution in [3.05, 3.63) is 0 Å². The van der Waals surface area contributed by atoms with Gasteiger partial charge in [0, 0.05) is 13.0 Å². The number of hydrogen-bond donors (Lipinski definition) is 0. The summed E-state index contributed by atoms with van der Waals surface area (Å²) in [7, 11) is 0. The van der Waals surface area contributed by atoms with E-state index in [1.54, 1.807) is 6.92 Å². The molecule has 0 aromatic rings. The Morgan fingerprint density at radius 2 is 1.70 bits per heavy atom. The molecule has 1 aliphatic rings. The van der Waals surface area contributed by atoms with Gasteiger partial charge in [-0.1, -0.05) is 13.8 Å². The van der Waals surface area contributed by atoms with Crippen LogP contribution in [-0.4, -0.2) is 37.9 Å². The van der Waals surface area contributed by atoms with E-state index in [2.05, 4.69) is 0 Å². The molecule has 5 nitrogen and oxygen atoms in total. The first-order valence-electron chi connectivity index (χ1n) is 7.50. The third-order valence-electron chi connectivity index (χ3n) is 3.44. The minimum Gasteiger partial charge on any atom is -0.465 e. The minimum atomic E-state index is -1.26. The molecule has 1 unspecified atom stereocenters. The van der Waals surface area contributed by atoms with Crippen molar-refractivity contribution in [3.63, 3.8) is 0 Å². The van der Waals surface area contributed by atoms with Crippen LogP contribution in [0.2, 0.25) is 0 Å². The van der Waals surface area contributed by atoms with Crippen molar-refractivity contribution in [2.24, 2.45) is 5.41 Å². The van der Waals surface area contributed by atoms with E-state index in [0.29, 0.717) is 26.2 Å². The normalized spacial score (nSPS) is 18.9. The summed E-state index contributed by atoms with van der Waals surface area (Å²) in [6.45, 7) is 6.77. The first-order chi connectivity index (χ1) is 9.54. The standard InChI is InChI=1S/C15H26O5/c1-4-8-19-13(16)15(3,14(17)20-9-5-2)11-12-7-6-10-18-12/h12H,4-11H2,1-3H3. The van der Waals surface area contributed by atoms with Gasteiger partial charge in [0.15, 0.2) is 5.41 Å². The largest absolute Gasteiger partial charge is 0.465 e. The quantitative estimate of drug-likeness (QED) is 0.506. The molecule has 1 saturated heterocycles. The van der Waals surface area contributed by atoms with Crippen LogP contribution in [0.3, 0.4) is 0 Å². The van der Waals surface area contributed by atoms with Crippen molar-refractivity contribution >= 4 is 11.9 Å². The van der Waals surface area contributed by atoms with Gasteiger partial charge in [0.2, 0.25) is 0 Å². The summed E-state index contributed by atoms with van der Waals surface area (Å²) in [5.74, 6) is -1.01. The molecular weight excluding hydrogens is 260 g/mol. The summed E-state index contributed by atoms with van der Waals surface area (Å²) >= 11 is 0. The zero-order chi connectivity index (χ0) is 15.0. The van der Waals surface area contributed by atoms with Crippen LogP contribution in [0.4, 0.5) is 0 Å². The zero-order valence-corrected chi connectivity index (χ0v) is 12.8. The molecule has 1 rings (SSSR count). The first kappa shape index (κ1) is 17.0. The van der Waals surface area contributed by atoms with E-state index in [0.717, 1.165) is 25.7 Å². The van der Waals surface area contributed by atoms with Crippen molar-refractivity contribution in [2.75, 3.05) is 19.8 Å². The summed E-state index contributed by atoms with van der Waals surface area (Å²) < 4.78 is 15.9. The van der Waals surface area contributed by atoms with Gasteiger partial charge < -0.3 is 14.2 Å². The summed E-state index contributed by atoms with van der Waals surface area (Å²) in [5.41, 5.74) is -1.26. The van der Waals surface area contributed by atoms with Crippen LogP contribution >= 0.6 is 0 Å². The molecule has 20 heavy (non-hydrogen) atoms. The lowest BCUT2D eigenvalue weighted by molar-refractivity contribution is -0.173. The Kier molecular flexibility index (Phi) is 6.99. The Morgan fingerprint density at radius 3 is 2.10 bits per heavy atom. The molecule has 1 atom stereocenters. The Hall–Kier alpha value is -1.10. The fourth-order valence-corrected chi connectivity index (χ4v) is 2.22. The molecule has 0 bridgehead atoms. The number of esters is 2. The van der Waals surface area contributed by atoms with Crippen LogP contribution in [0.5, 0.6) is 0 Å². The lowest BCUT2D eigenvalue weighted by Gasteiger charge is -2.27. The molecule has 0 saturated carbocycles. The summed E-state index contributed by atoms with van der Waals surface area (Å²) in [6.07, 6.45) is 3.56. The van der Waals surface area contributed by atoms with Gasteiger partial charge in [-0.2, -0.15) is 0 Å². The number of ether oxygens (including phenoxy) is 3. The Morgan fingerprint density at radius 1 is 1.15 bits per heavy atom. The highest BCUT2D eigenvalue weighted by Crippen LogP contribution is 2.32. The van der Waals surface area contributed by atoms with Crippen molar-refractivity contribution in [1.82, 2.24) is 0 Å². The second-order valence-electron chi connectivity index (χ2n) is 5.44. The van der Waals surface area contributed by atoms with Gasteiger partial charge >= 0.3 is 11.9 Å². The second kappa shape index (κ2) is 8.25. The maximum atomic E-state index is 12.2. The zero-order valence-electron chi connectivity index (χ0n) is 12.8. The molecule has 0 N–H and O–H groups in total. The number of carbonyl (C=O) groups is 2. The van der Waals surface area contributed by atoms with Crippen molar-refractivity contribution in [1.29, 1.82) is 0 Å². The molecule has 0 aromatic heterocycles. The number of rotatable bonds is 8. The van der Waals surface area contributed by atoms with E-state index in [1.807, 2.05) is 13.8 Å². The summed E-state index contributed by atoms with van der Waals surface area (Å²) in [4.78, 5) is 24.5. The molecule has 0 radical (unpaired) electrons. The number of carbonyl (C=O) groups excluding carboxylic acids is 2. The van der Waals surface area contributed by atoms with E-state index in [4.69, 9.17) is 14.2 Å². The molecule has 116 valence electrons. The molecule has 1 heterocycles. The average molecular weight is 286 g/mol. The highest BCUT2D eigenvalue weighted by Gasteiger charge is 2.46. The van der Waals surface area contributed by atoms with Crippen LogP contribution in [0.25, 0.3) is 0 Å². The maximum Gasteiger partial charge on any atom is 0.323 e. The highest BCUT2D eigenvalue weighted by molar-refractivity contribution is 5.99. The molecular formula is C15H26O5. The Balaban J connectivity index is 2.74.